The zero-order valence-electron chi connectivity index (χ0n) is 10.9. The summed E-state index contributed by atoms with van der Waals surface area (Å²) in [4.78, 5) is 0. The fourth-order valence-corrected chi connectivity index (χ4v) is 16.5. The van der Waals surface area contributed by atoms with Gasteiger partial charge in [0.2, 0.25) is 0 Å². The molecule has 1 heterocycles. The monoisotopic (exact) mass is 336 g/mol. The normalized spacial score (nSPS) is 39.2. The summed E-state index contributed by atoms with van der Waals surface area (Å²) < 4.78 is 59.6. The van der Waals surface area contributed by atoms with Gasteiger partial charge in [0.1, 0.15) is 0 Å². The van der Waals surface area contributed by atoms with E-state index in [0.29, 0.717) is 0 Å². The summed E-state index contributed by atoms with van der Waals surface area (Å²) in [5.41, 5.74) is 0. The molecule has 1 rings (SSSR count). The molecule has 0 aromatic carbocycles. The predicted octanol–water partition coefficient (Wildman–Crippen LogP) is 1.64. The minimum Gasteiger partial charge on any atom is -0.420 e. The lowest BCUT2D eigenvalue weighted by Crippen LogP contribution is -2.53. The molecule has 1 fully saturated rings. The van der Waals surface area contributed by atoms with E-state index in [9.17, 15) is 13.2 Å². The van der Waals surface area contributed by atoms with E-state index in [-0.39, 0.29) is 6.04 Å². The van der Waals surface area contributed by atoms with Crippen LogP contribution in [0.25, 0.3) is 0 Å². The number of hydrogen-bond acceptors (Lipinski definition) is 4. The van der Waals surface area contributed by atoms with Gasteiger partial charge >= 0.3 is 14.7 Å². The number of alkyl halides is 3. The van der Waals surface area contributed by atoms with Crippen molar-refractivity contribution in [3.63, 3.8) is 0 Å². The van der Waals surface area contributed by atoms with Gasteiger partial charge in [-0.15, -0.1) is 0 Å². The summed E-state index contributed by atoms with van der Waals surface area (Å²) in [5.74, 6) is 0. The van der Waals surface area contributed by atoms with Crippen molar-refractivity contribution in [3.05, 3.63) is 0 Å². The highest BCUT2D eigenvalue weighted by molar-refractivity contribution is 6.81. The van der Waals surface area contributed by atoms with Crippen LogP contribution in [-0.4, -0.2) is 42.6 Å². The fourth-order valence-electron chi connectivity index (χ4n) is 1.84. The van der Waals surface area contributed by atoms with Gasteiger partial charge in [-0.3, -0.25) is 0 Å². The van der Waals surface area contributed by atoms with Crippen LogP contribution in [0.4, 0.5) is 13.2 Å². The SMILES string of the molecule is C[SiH]1O[SiH](C)O[Si](C)(CCC(F)(F)F)O[SiH](C)O1. The lowest BCUT2D eigenvalue weighted by atomic mass is 10.5. The molecule has 0 spiro atoms. The van der Waals surface area contributed by atoms with E-state index in [1.165, 1.54) is 0 Å². The molecule has 2 atom stereocenters. The molecule has 2 unspecified atom stereocenters. The van der Waals surface area contributed by atoms with Gasteiger partial charge in [-0.25, -0.2) is 0 Å². The van der Waals surface area contributed by atoms with Crippen molar-refractivity contribution in [3.8, 4) is 0 Å². The topological polar surface area (TPSA) is 36.9 Å². The van der Waals surface area contributed by atoms with E-state index in [2.05, 4.69) is 0 Å². The first kappa shape index (κ1) is 16.6. The molecule has 0 saturated carbocycles. The van der Waals surface area contributed by atoms with Gasteiger partial charge in [-0.05, 0) is 32.2 Å². The summed E-state index contributed by atoms with van der Waals surface area (Å²) in [6.07, 6.45) is -5.05. The predicted molar refractivity (Wildman–Crippen MR) is 70.5 cm³/mol. The summed E-state index contributed by atoms with van der Waals surface area (Å²) in [6, 6.07) is -0.0894. The van der Waals surface area contributed by atoms with Gasteiger partial charge in [0, 0.05) is 6.42 Å². The Hall–Kier alpha value is 0.498. The van der Waals surface area contributed by atoms with Crippen molar-refractivity contribution in [1.82, 2.24) is 0 Å². The van der Waals surface area contributed by atoms with Crippen molar-refractivity contribution in [2.75, 3.05) is 0 Å². The molecule has 11 heteroatoms. The molecule has 0 aromatic heterocycles. The number of halogens is 3. The lowest BCUT2D eigenvalue weighted by Gasteiger charge is -2.37. The second-order valence-electron chi connectivity index (χ2n) is 4.46. The fraction of sp³-hybridized carbons (Fsp3) is 1.00. The Morgan fingerprint density at radius 3 is 1.78 bits per heavy atom. The van der Waals surface area contributed by atoms with Crippen LogP contribution in [-0.2, 0) is 16.5 Å². The average molecular weight is 337 g/mol. The van der Waals surface area contributed by atoms with Gasteiger partial charge in [0.05, 0.1) is 0 Å². The molecule has 0 radical (unpaired) electrons. The van der Waals surface area contributed by atoms with Crippen molar-refractivity contribution in [2.45, 2.75) is 44.8 Å². The van der Waals surface area contributed by atoms with E-state index in [4.69, 9.17) is 16.5 Å². The van der Waals surface area contributed by atoms with Crippen molar-refractivity contribution >= 4 is 36.4 Å². The third kappa shape index (κ3) is 6.09. The minimum atomic E-state index is -4.18. The molecule has 0 amide bonds. The third-order valence-electron chi connectivity index (χ3n) is 2.46. The summed E-state index contributed by atoms with van der Waals surface area (Å²) in [7, 11) is -8.40. The average Bonchev–Trinajstić information content (AvgIpc) is 2.10. The van der Waals surface area contributed by atoms with E-state index in [1.54, 1.807) is 6.55 Å². The molecule has 18 heavy (non-hydrogen) atoms. The Morgan fingerprint density at radius 2 is 1.39 bits per heavy atom. The Balaban J connectivity index is 2.65. The second-order valence-corrected chi connectivity index (χ2v) is 14.7. The number of rotatable bonds is 2. The first-order valence-corrected chi connectivity index (χ1v) is 14.6. The van der Waals surface area contributed by atoms with Crippen LogP contribution in [0.3, 0.4) is 0 Å². The Bertz CT molecular complexity index is 266. The maximum Gasteiger partial charge on any atom is 0.389 e. The minimum absolute atomic E-state index is 0.0894. The zero-order chi connectivity index (χ0) is 14.0. The quantitative estimate of drug-likeness (QED) is 0.719. The summed E-state index contributed by atoms with van der Waals surface area (Å²) >= 11 is 0. The number of hydrogen-bond donors (Lipinski definition) is 0. The van der Waals surface area contributed by atoms with Crippen LogP contribution in [0, 0.1) is 0 Å². The molecule has 1 aliphatic rings. The van der Waals surface area contributed by atoms with Crippen LogP contribution in [0.2, 0.25) is 32.2 Å². The third-order valence-corrected chi connectivity index (χ3v) is 16.4. The Kier molecular flexibility index (Phi) is 5.79. The summed E-state index contributed by atoms with van der Waals surface area (Å²) in [6.45, 7) is 7.19. The van der Waals surface area contributed by atoms with Crippen LogP contribution >= 0.6 is 0 Å². The van der Waals surface area contributed by atoms with Gasteiger partial charge in [-0.2, -0.15) is 13.2 Å². The highest BCUT2D eigenvalue weighted by Gasteiger charge is 2.42. The van der Waals surface area contributed by atoms with Gasteiger partial charge < -0.3 is 16.5 Å². The second kappa shape index (κ2) is 6.30. The van der Waals surface area contributed by atoms with Crippen LogP contribution in [0.1, 0.15) is 6.42 Å². The lowest BCUT2D eigenvalue weighted by molar-refractivity contribution is -0.131. The van der Waals surface area contributed by atoms with Crippen LogP contribution in [0.15, 0.2) is 0 Å². The molecule has 1 saturated heterocycles. The first-order valence-electron chi connectivity index (χ1n) is 5.83. The molecule has 108 valence electrons. The molecule has 4 nitrogen and oxygen atoms in total. The summed E-state index contributed by atoms with van der Waals surface area (Å²) in [5, 5.41) is 0. The largest absolute Gasteiger partial charge is 0.420 e. The van der Waals surface area contributed by atoms with Crippen molar-refractivity contribution in [2.24, 2.45) is 0 Å². The molecule has 1 aliphatic heterocycles. The highest BCUT2D eigenvalue weighted by atomic mass is 28.5. The molecular weight excluding hydrogens is 317 g/mol. The maximum atomic E-state index is 12.3. The molecule has 0 aliphatic carbocycles. The van der Waals surface area contributed by atoms with Gasteiger partial charge in [-0.1, -0.05) is 0 Å². The zero-order valence-corrected chi connectivity index (χ0v) is 15.4. The van der Waals surface area contributed by atoms with E-state index in [0.717, 1.165) is 0 Å². The Labute approximate surface area is 111 Å². The van der Waals surface area contributed by atoms with E-state index < -0.39 is 49.0 Å². The van der Waals surface area contributed by atoms with Gasteiger partial charge in [0.25, 0.3) is 27.9 Å². The highest BCUT2D eigenvalue weighted by Crippen LogP contribution is 2.29. The molecule has 0 aromatic rings. The Morgan fingerprint density at radius 1 is 0.944 bits per heavy atom. The molecule has 0 N–H and O–H groups in total. The standard InChI is InChI=1S/C7H19F3O4Si4/c1-15-11-16(2)13-18(4,14-17(3)12-15)6-5-7(8,9)10/h15-17H,5-6H2,1-4H3. The molecular formula is C7H19F3O4Si4. The smallest absolute Gasteiger partial charge is 0.389 e. The maximum absolute atomic E-state index is 12.3. The first-order chi connectivity index (χ1) is 8.10. The molecule has 0 bridgehead atoms. The van der Waals surface area contributed by atoms with E-state index >= 15 is 0 Å². The van der Waals surface area contributed by atoms with Gasteiger partial charge in [0.15, 0.2) is 0 Å². The van der Waals surface area contributed by atoms with Crippen molar-refractivity contribution in [1.29, 1.82) is 0 Å². The van der Waals surface area contributed by atoms with Crippen molar-refractivity contribution < 1.29 is 29.6 Å². The van der Waals surface area contributed by atoms with Crippen LogP contribution < -0.4 is 0 Å². The van der Waals surface area contributed by atoms with Crippen LogP contribution in [0.5, 0.6) is 0 Å². The van der Waals surface area contributed by atoms with E-state index in [1.807, 2.05) is 19.6 Å².